The molecule has 0 fully saturated rings. The van der Waals surface area contributed by atoms with Crippen LogP contribution in [0.4, 0.5) is 5.69 Å². The van der Waals surface area contributed by atoms with E-state index in [2.05, 4.69) is 20.4 Å². The second-order valence-corrected chi connectivity index (χ2v) is 4.97. The number of methoxy groups -OCH3 is 1. The standard InChI is InChI=1S/C16H17N3O2S/c1-21-15(20)13-4-6-14(7-5-13)19-16(22)18-10-8-12-3-2-9-17-11-12/h2-7,9,11H,8,10H2,1H3,(H2,18,19,22). The first-order valence-electron chi connectivity index (χ1n) is 6.81. The lowest BCUT2D eigenvalue weighted by Gasteiger charge is -2.10. The van der Waals surface area contributed by atoms with Gasteiger partial charge in [-0.05, 0) is 54.5 Å². The van der Waals surface area contributed by atoms with Gasteiger partial charge in [0.2, 0.25) is 0 Å². The number of nitrogens with zero attached hydrogens (tertiary/aromatic N) is 1. The zero-order chi connectivity index (χ0) is 15.8. The molecule has 0 atom stereocenters. The molecule has 0 bridgehead atoms. The van der Waals surface area contributed by atoms with Crippen LogP contribution < -0.4 is 10.6 Å². The number of thiocarbonyl (C=S) groups is 1. The van der Waals surface area contributed by atoms with E-state index in [0.29, 0.717) is 10.7 Å². The average molecular weight is 315 g/mol. The number of carbonyl (C=O) groups excluding carboxylic acids is 1. The molecule has 2 rings (SSSR count). The van der Waals surface area contributed by atoms with Gasteiger partial charge in [-0.1, -0.05) is 6.07 Å². The number of anilines is 1. The summed E-state index contributed by atoms with van der Waals surface area (Å²) in [6.45, 7) is 0.720. The zero-order valence-corrected chi connectivity index (χ0v) is 13.0. The normalized spacial score (nSPS) is 9.86. The molecule has 2 N–H and O–H groups in total. The fraction of sp³-hybridized carbons (Fsp3) is 0.188. The summed E-state index contributed by atoms with van der Waals surface area (Å²) in [6, 6.07) is 10.9. The summed E-state index contributed by atoms with van der Waals surface area (Å²) >= 11 is 5.23. The van der Waals surface area contributed by atoms with Crippen molar-refractivity contribution < 1.29 is 9.53 Å². The fourth-order valence-corrected chi connectivity index (χ4v) is 2.07. The van der Waals surface area contributed by atoms with E-state index < -0.39 is 0 Å². The van der Waals surface area contributed by atoms with E-state index >= 15 is 0 Å². The van der Waals surface area contributed by atoms with E-state index in [1.165, 1.54) is 7.11 Å². The number of aromatic nitrogens is 1. The van der Waals surface area contributed by atoms with Crippen LogP contribution in [0.25, 0.3) is 0 Å². The molecule has 114 valence electrons. The Balaban J connectivity index is 1.78. The molecule has 1 aromatic carbocycles. The highest BCUT2D eigenvalue weighted by Crippen LogP contribution is 2.10. The lowest BCUT2D eigenvalue weighted by Crippen LogP contribution is -2.30. The first kappa shape index (κ1) is 15.9. The summed E-state index contributed by atoms with van der Waals surface area (Å²) < 4.78 is 4.65. The molecule has 1 aromatic heterocycles. The Labute approximate surface area is 134 Å². The van der Waals surface area contributed by atoms with Crippen molar-refractivity contribution in [2.75, 3.05) is 19.0 Å². The molecule has 0 spiro atoms. The summed E-state index contributed by atoms with van der Waals surface area (Å²) in [7, 11) is 1.36. The van der Waals surface area contributed by atoms with E-state index in [4.69, 9.17) is 12.2 Å². The molecule has 1 heterocycles. The van der Waals surface area contributed by atoms with Crippen molar-refractivity contribution in [1.29, 1.82) is 0 Å². The van der Waals surface area contributed by atoms with Gasteiger partial charge < -0.3 is 15.4 Å². The van der Waals surface area contributed by atoms with Crippen LogP contribution in [0, 0.1) is 0 Å². The SMILES string of the molecule is COC(=O)c1ccc(NC(=S)NCCc2cccnc2)cc1. The molecule has 22 heavy (non-hydrogen) atoms. The molecule has 0 aliphatic heterocycles. The third-order valence-electron chi connectivity index (χ3n) is 2.99. The third-order valence-corrected chi connectivity index (χ3v) is 3.23. The number of benzene rings is 1. The van der Waals surface area contributed by atoms with Gasteiger partial charge in [-0.25, -0.2) is 4.79 Å². The molecule has 6 heteroatoms. The number of nitrogens with one attached hydrogen (secondary N) is 2. The second kappa shape index (κ2) is 8.09. The van der Waals surface area contributed by atoms with Crippen LogP contribution in [0.15, 0.2) is 48.8 Å². The minimum Gasteiger partial charge on any atom is -0.465 e. The number of hydrogen-bond donors (Lipinski definition) is 2. The summed E-state index contributed by atoms with van der Waals surface area (Å²) in [4.78, 5) is 15.4. The summed E-state index contributed by atoms with van der Waals surface area (Å²) in [5, 5.41) is 6.73. The highest BCUT2D eigenvalue weighted by molar-refractivity contribution is 7.80. The number of hydrogen-bond acceptors (Lipinski definition) is 4. The highest BCUT2D eigenvalue weighted by atomic mass is 32.1. The van der Waals surface area contributed by atoms with Gasteiger partial charge in [0.05, 0.1) is 12.7 Å². The van der Waals surface area contributed by atoms with Gasteiger partial charge in [-0.15, -0.1) is 0 Å². The van der Waals surface area contributed by atoms with Crippen molar-refractivity contribution in [2.45, 2.75) is 6.42 Å². The second-order valence-electron chi connectivity index (χ2n) is 4.56. The summed E-state index contributed by atoms with van der Waals surface area (Å²) in [6.07, 6.45) is 4.43. The molecule has 2 aromatic rings. The van der Waals surface area contributed by atoms with E-state index in [9.17, 15) is 4.79 Å². The molecule has 0 saturated heterocycles. The number of esters is 1. The Hall–Kier alpha value is -2.47. The quantitative estimate of drug-likeness (QED) is 0.652. The molecule has 0 radical (unpaired) electrons. The van der Waals surface area contributed by atoms with Gasteiger partial charge in [0.15, 0.2) is 5.11 Å². The van der Waals surface area contributed by atoms with Crippen molar-refractivity contribution >= 4 is 29.0 Å². The number of ether oxygens (including phenoxy) is 1. The van der Waals surface area contributed by atoms with E-state index in [-0.39, 0.29) is 5.97 Å². The molecule has 0 aliphatic carbocycles. The van der Waals surface area contributed by atoms with Crippen molar-refractivity contribution in [1.82, 2.24) is 10.3 Å². The molecule has 0 aliphatic rings. The highest BCUT2D eigenvalue weighted by Gasteiger charge is 2.04. The van der Waals surface area contributed by atoms with Crippen LogP contribution >= 0.6 is 12.2 Å². The molecule has 0 amide bonds. The minimum absolute atomic E-state index is 0.358. The van der Waals surface area contributed by atoms with Crippen molar-refractivity contribution in [3.05, 3.63) is 59.9 Å². The van der Waals surface area contributed by atoms with Crippen LogP contribution in [-0.2, 0) is 11.2 Å². The van der Waals surface area contributed by atoms with Crippen molar-refractivity contribution in [3.63, 3.8) is 0 Å². The largest absolute Gasteiger partial charge is 0.465 e. The van der Waals surface area contributed by atoms with E-state index in [1.807, 2.05) is 18.3 Å². The molecule has 5 nitrogen and oxygen atoms in total. The monoisotopic (exact) mass is 315 g/mol. The molecular weight excluding hydrogens is 298 g/mol. The Morgan fingerprint density at radius 1 is 1.27 bits per heavy atom. The van der Waals surface area contributed by atoms with E-state index in [0.717, 1.165) is 24.2 Å². The predicted molar refractivity (Wildman–Crippen MR) is 89.9 cm³/mol. The topological polar surface area (TPSA) is 63.2 Å². The van der Waals surface area contributed by atoms with Gasteiger partial charge in [0.1, 0.15) is 0 Å². The molecular formula is C16H17N3O2S. The Bertz CT molecular complexity index is 630. The van der Waals surface area contributed by atoms with Gasteiger partial charge in [0, 0.05) is 24.6 Å². The van der Waals surface area contributed by atoms with Gasteiger partial charge in [-0.2, -0.15) is 0 Å². The number of pyridine rings is 1. The Morgan fingerprint density at radius 3 is 2.68 bits per heavy atom. The predicted octanol–water partition coefficient (Wildman–Crippen LogP) is 2.40. The summed E-state index contributed by atoms with van der Waals surface area (Å²) in [5.74, 6) is -0.358. The average Bonchev–Trinajstić information content (AvgIpc) is 2.56. The number of carbonyl (C=O) groups is 1. The molecule has 0 saturated carbocycles. The lowest BCUT2D eigenvalue weighted by molar-refractivity contribution is 0.0601. The van der Waals surface area contributed by atoms with E-state index in [1.54, 1.807) is 30.5 Å². The first-order chi connectivity index (χ1) is 10.7. The van der Waals surface area contributed by atoms with Crippen LogP contribution in [0.1, 0.15) is 15.9 Å². The zero-order valence-electron chi connectivity index (χ0n) is 12.2. The maximum absolute atomic E-state index is 11.3. The number of rotatable bonds is 5. The fourth-order valence-electron chi connectivity index (χ4n) is 1.85. The van der Waals surface area contributed by atoms with Gasteiger partial charge in [0.25, 0.3) is 0 Å². The third kappa shape index (κ3) is 4.82. The van der Waals surface area contributed by atoms with Crippen LogP contribution in [-0.4, -0.2) is 29.7 Å². The smallest absolute Gasteiger partial charge is 0.337 e. The van der Waals surface area contributed by atoms with Crippen LogP contribution in [0.5, 0.6) is 0 Å². The van der Waals surface area contributed by atoms with Gasteiger partial charge in [-0.3, -0.25) is 4.98 Å². The van der Waals surface area contributed by atoms with Gasteiger partial charge >= 0.3 is 5.97 Å². The maximum Gasteiger partial charge on any atom is 0.337 e. The first-order valence-corrected chi connectivity index (χ1v) is 7.22. The minimum atomic E-state index is -0.358. The maximum atomic E-state index is 11.3. The summed E-state index contributed by atoms with van der Waals surface area (Å²) in [5.41, 5.74) is 2.47. The van der Waals surface area contributed by atoms with Crippen molar-refractivity contribution in [2.24, 2.45) is 0 Å². The molecule has 0 unspecified atom stereocenters. The van der Waals surface area contributed by atoms with Crippen LogP contribution in [0.2, 0.25) is 0 Å². The van der Waals surface area contributed by atoms with Crippen LogP contribution in [0.3, 0.4) is 0 Å². The van der Waals surface area contributed by atoms with Crippen molar-refractivity contribution in [3.8, 4) is 0 Å². The Kier molecular flexibility index (Phi) is 5.85. The lowest BCUT2D eigenvalue weighted by atomic mass is 10.2. The Morgan fingerprint density at radius 2 is 2.05 bits per heavy atom.